The normalized spacial score (nSPS) is 15.0. The molecule has 0 unspecified atom stereocenters. The number of non-ortho nitro benzene ring substituents is 1. The molecule has 0 aliphatic carbocycles. The van der Waals surface area contributed by atoms with Crippen LogP contribution in [0.4, 0.5) is 24.5 Å². The molecular formula is C20H18F3N3O3. The van der Waals surface area contributed by atoms with Gasteiger partial charge in [0, 0.05) is 50.1 Å². The van der Waals surface area contributed by atoms with E-state index in [9.17, 15) is 28.1 Å². The average Bonchev–Trinajstić information content (AvgIpc) is 2.72. The summed E-state index contributed by atoms with van der Waals surface area (Å²) in [5.74, 6) is -0.215. The number of alkyl halides is 3. The maximum Gasteiger partial charge on any atom is 0.416 e. The van der Waals surface area contributed by atoms with Crippen LogP contribution >= 0.6 is 0 Å². The molecule has 1 aliphatic heterocycles. The second kappa shape index (κ2) is 8.34. The minimum absolute atomic E-state index is 0.0240. The van der Waals surface area contributed by atoms with E-state index in [1.807, 2.05) is 4.90 Å². The van der Waals surface area contributed by atoms with Gasteiger partial charge in [-0.25, -0.2) is 0 Å². The number of rotatable bonds is 4. The van der Waals surface area contributed by atoms with Crippen molar-refractivity contribution in [3.8, 4) is 0 Å². The van der Waals surface area contributed by atoms with Gasteiger partial charge >= 0.3 is 6.18 Å². The molecule has 1 saturated heterocycles. The molecule has 1 amide bonds. The molecule has 0 atom stereocenters. The Balaban J connectivity index is 1.54. The standard InChI is InChI=1S/C20H18F3N3O3/c21-20(22,23)16-4-1-15(2-5-16)3-10-19(27)25-13-11-24(12-14-25)17-6-8-18(9-7-17)26(28)29/h1-10H,11-14H2/b10-3+. The quantitative estimate of drug-likeness (QED) is 0.439. The van der Waals surface area contributed by atoms with Crippen LogP contribution in [0.15, 0.2) is 54.6 Å². The molecular weight excluding hydrogens is 387 g/mol. The van der Waals surface area contributed by atoms with Crippen LogP contribution in [0, 0.1) is 10.1 Å². The number of benzene rings is 2. The number of amides is 1. The SMILES string of the molecule is O=C(/C=C/c1ccc(C(F)(F)F)cc1)N1CCN(c2ccc([N+](=O)[O-])cc2)CC1. The lowest BCUT2D eigenvalue weighted by Gasteiger charge is -2.35. The highest BCUT2D eigenvalue weighted by molar-refractivity contribution is 5.92. The monoisotopic (exact) mass is 405 g/mol. The molecule has 2 aromatic rings. The fourth-order valence-electron chi connectivity index (χ4n) is 3.03. The summed E-state index contributed by atoms with van der Waals surface area (Å²) in [6, 6.07) is 10.8. The van der Waals surface area contributed by atoms with Gasteiger partial charge in [0.25, 0.3) is 5.69 Å². The number of halogens is 3. The van der Waals surface area contributed by atoms with Crippen LogP contribution in [-0.2, 0) is 11.0 Å². The largest absolute Gasteiger partial charge is 0.416 e. The molecule has 9 heteroatoms. The number of hydrogen-bond donors (Lipinski definition) is 0. The van der Waals surface area contributed by atoms with Crippen LogP contribution in [0.1, 0.15) is 11.1 Å². The second-order valence-electron chi connectivity index (χ2n) is 6.54. The van der Waals surface area contributed by atoms with Crippen LogP contribution in [-0.4, -0.2) is 41.9 Å². The maximum atomic E-state index is 12.6. The summed E-state index contributed by atoms with van der Waals surface area (Å²) < 4.78 is 37.7. The summed E-state index contributed by atoms with van der Waals surface area (Å²) in [6.07, 6.45) is -1.54. The van der Waals surface area contributed by atoms with Crippen molar-refractivity contribution in [2.45, 2.75) is 6.18 Å². The molecule has 0 saturated carbocycles. The highest BCUT2D eigenvalue weighted by Crippen LogP contribution is 2.29. The Morgan fingerprint density at radius 1 is 0.966 bits per heavy atom. The Bertz CT molecular complexity index is 901. The number of nitrogens with zero attached hydrogens (tertiary/aromatic N) is 3. The Hall–Kier alpha value is -3.36. The van der Waals surface area contributed by atoms with Gasteiger partial charge in [-0.05, 0) is 35.9 Å². The van der Waals surface area contributed by atoms with E-state index in [0.29, 0.717) is 31.7 Å². The van der Waals surface area contributed by atoms with Crippen molar-refractivity contribution in [2.24, 2.45) is 0 Å². The van der Waals surface area contributed by atoms with Crippen LogP contribution < -0.4 is 4.90 Å². The number of anilines is 1. The molecule has 0 bridgehead atoms. The van der Waals surface area contributed by atoms with Gasteiger partial charge < -0.3 is 9.80 Å². The van der Waals surface area contributed by atoms with Crippen molar-refractivity contribution in [3.63, 3.8) is 0 Å². The van der Waals surface area contributed by atoms with E-state index < -0.39 is 16.7 Å². The predicted octanol–water partition coefficient (Wildman–Crippen LogP) is 3.98. The fraction of sp³-hybridized carbons (Fsp3) is 0.250. The maximum absolute atomic E-state index is 12.6. The predicted molar refractivity (Wildman–Crippen MR) is 102 cm³/mol. The molecule has 0 N–H and O–H groups in total. The molecule has 29 heavy (non-hydrogen) atoms. The van der Waals surface area contributed by atoms with E-state index >= 15 is 0 Å². The van der Waals surface area contributed by atoms with Crippen molar-refractivity contribution >= 4 is 23.4 Å². The zero-order valence-corrected chi connectivity index (χ0v) is 15.3. The molecule has 2 aromatic carbocycles. The van der Waals surface area contributed by atoms with Crippen molar-refractivity contribution in [3.05, 3.63) is 75.8 Å². The van der Waals surface area contributed by atoms with E-state index in [1.54, 1.807) is 17.0 Å². The topological polar surface area (TPSA) is 66.7 Å². The third-order valence-corrected chi connectivity index (χ3v) is 4.67. The van der Waals surface area contributed by atoms with Gasteiger partial charge in [-0.2, -0.15) is 13.2 Å². The van der Waals surface area contributed by atoms with Crippen molar-refractivity contribution < 1.29 is 22.9 Å². The summed E-state index contributed by atoms with van der Waals surface area (Å²) in [4.78, 5) is 26.3. The Morgan fingerprint density at radius 2 is 1.55 bits per heavy atom. The van der Waals surface area contributed by atoms with Crippen molar-refractivity contribution in [1.29, 1.82) is 0 Å². The number of hydrogen-bond acceptors (Lipinski definition) is 4. The Labute approximate surface area is 165 Å². The van der Waals surface area contributed by atoms with Gasteiger partial charge in [-0.1, -0.05) is 12.1 Å². The van der Waals surface area contributed by atoms with Crippen molar-refractivity contribution in [2.75, 3.05) is 31.1 Å². The summed E-state index contributed by atoms with van der Waals surface area (Å²) in [6.45, 7) is 2.12. The number of carbonyl (C=O) groups excluding carboxylic acids is 1. The van der Waals surface area contributed by atoms with Gasteiger partial charge in [-0.3, -0.25) is 14.9 Å². The third kappa shape index (κ3) is 5.13. The summed E-state index contributed by atoms with van der Waals surface area (Å²) in [5.41, 5.74) is 0.651. The van der Waals surface area contributed by atoms with Gasteiger partial charge in [0.2, 0.25) is 5.91 Å². The summed E-state index contributed by atoms with van der Waals surface area (Å²) >= 11 is 0. The highest BCUT2D eigenvalue weighted by Gasteiger charge is 2.29. The lowest BCUT2D eigenvalue weighted by Crippen LogP contribution is -2.48. The summed E-state index contributed by atoms with van der Waals surface area (Å²) in [5, 5.41) is 10.7. The van der Waals surface area contributed by atoms with Gasteiger partial charge in [-0.15, -0.1) is 0 Å². The molecule has 1 heterocycles. The van der Waals surface area contributed by atoms with E-state index in [2.05, 4.69) is 0 Å². The first-order chi connectivity index (χ1) is 13.7. The molecule has 1 fully saturated rings. The molecule has 0 spiro atoms. The fourth-order valence-corrected chi connectivity index (χ4v) is 3.03. The van der Waals surface area contributed by atoms with Gasteiger partial charge in [0.1, 0.15) is 0 Å². The first kappa shape index (κ1) is 20.4. The van der Waals surface area contributed by atoms with Crippen molar-refractivity contribution in [1.82, 2.24) is 4.90 Å². The highest BCUT2D eigenvalue weighted by atomic mass is 19.4. The third-order valence-electron chi connectivity index (χ3n) is 4.67. The van der Waals surface area contributed by atoms with Crippen LogP contribution in [0.2, 0.25) is 0 Å². The summed E-state index contributed by atoms with van der Waals surface area (Å²) in [7, 11) is 0. The van der Waals surface area contributed by atoms with Crippen LogP contribution in [0.5, 0.6) is 0 Å². The molecule has 3 rings (SSSR count). The van der Waals surface area contributed by atoms with E-state index in [0.717, 1.165) is 17.8 Å². The number of nitro groups is 1. The molecule has 6 nitrogen and oxygen atoms in total. The first-order valence-electron chi connectivity index (χ1n) is 8.88. The number of carbonyl (C=O) groups is 1. The minimum atomic E-state index is -4.39. The first-order valence-corrected chi connectivity index (χ1v) is 8.88. The second-order valence-corrected chi connectivity index (χ2v) is 6.54. The van der Waals surface area contributed by atoms with E-state index in [4.69, 9.17) is 0 Å². The Kier molecular flexibility index (Phi) is 5.86. The van der Waals surface area contributed by atoms with Gasteiger partial charge in [0.15, 0.2) is 0 Å². The smallest absolute Gasteiger partial charge is 0.368 e. The number of piperazine rings is 1. The molecule has 0 radical (unpaired) electrons. The van der Waals surface area contributed by atoms with Crippen LogP contribution in [0.25, 0.3) is 6.08 Å². The lowest BCUT2D eigenvalue weighted by molar-refractivity contribution is -0.384. The molecule has 0 aromatic heterocycles. The van der Waals surface area contributed by atoms with E-state index in [-0.39, 0.29) is 11.6 Å². The average molecular weight is 405 g/mol. The zero-order valence-electron chi connectivity index (χ0n) is 15.3. The van der Waals surface area contributed by atoms with Gasteiger partial charge in [0.05, 0.1) is 10.5 Å². The van der Waals surface area contributed by atoms with E-state index in [1.165, 1.54) is 36.4 Å². The number of nitro benzene ring substituents is 1. The Morgan fingerprint density at radius 3 is 2.07 bits per heavy atom. The zero-order chi connectivity index (χ0) is 21.0. The molecule has 1 aliphatic rings. The van der Waals surface area contributed by atoms with Crippen LogP contribution in [0.3, 0.4) is 0 Å². The minimum Gasteiger partial charge on any atom is -0.368 e. The molecule has 152 valence electrons. The lowest BCUT2D eigenvalue weighted by atomic mass is 10.1.